The molecule has 1 unspecified atom stereocenters. The largest absolute Gasteiger partial charge is 0.493 e. The minimum absolute atomic E-state index is 0.0915. The quantitative estimate of drug-likeness (QED) is 0.921. The normalized spacial score (nSPS) is 24.6. The van der Waals surface area contributed by atoms with E-state index in [9.17, 15) is 5.11 Å². The third-order valence-electron chi connectivity index (χ3n) is 5.09. The number of benzene rings is 1. The Morgan fingerprint density at radius 1 is 1.22 bits per heavy atom. The number of rotatable bonds is 4. The highest BCUT2D eigenvalue weighted by atomic mass is 16.5. The number of hydrogen-bond acceptors (Lipinski definition) is 5. The standard InChI is InChI=1S/C18H27NO4/c1-21-16-4-3-14(11-17(16)22-2)13-19-8-6-18(7-9-19)12-15(20)5-10-23-18/h3-4,11,15,20H,5-10,12-13H2,1-2H3. The lowest BCUT2D eigenvalue weighted by atomic mass is 9.83. The zero-order valence-corrected chi connectivity index (χ0v) is 14.1. The van der Waals surface area contributed by atoms with E-state index < -0.39 is 0 Å². The summed E-state index contributed by atoms with van der Waals surface area (Å²) >= 11 is 0. The van der Waals surface area contributed by atoms with Gasteiger partial charge in [-0.1, -0.05) is 6.07 Å². The molecule has 3 rings (SSSR count). The van der Waals surface area contributed by atoms with Gasteiger partial charge in [-0.25, -0.2) is 0 Å². The van der Waals surface area contributed by atoms with Crippen molar-refractivity contribution < 1.29 is 19.3 Å². The number of ether oxygens (including phenoxy) is 3. The second-order valence-corrected chi connectivity index (χ2v) is 6.64. The molecule has 1 spiro atoms. The second kappa shape index (κ2) is 7.07. The third kappa shape index (κ3) is 3.79. The Hall–Kier alpha value is -1.30. The van der Waals surface area contributed by atoms with E-state index in [1.54, 1.807) is 14.2 Å². The molecule has 1 atom stereocenters. The smallest absolute Gasteiger partial charge is 0.161 e. The molecule has 2 heterocycles. The Bertz CT molecular complexity index is 526. The first-order valence-corrected chi connectivity index (χ1v) is 8.39. The van der Waals surface area contributed by atoms with Crippen LogP contribution in [0, 0.1) is 0 Å². The predicted octanol–water partition coefficient (Wildman–Crippen LogP) is 2.21. The summed E-state index contributed by atoms with van der Waals surface area (Å²) in [5, 5.41) is 9.92. The maximum absolute atomic E-state index is 9.92. The average molecular weight is 321 g/mol. The summed E-state index contributed by atoms with van der Waals surface area (Å²) in [5.74, 6) is 1.54. The average Bonchev–Trinajstić information content (AvgIpc) is 2.57. The highest BCUT2D eigenvalue weighted by molar-refractivity contribution is 5.42. The van der Waals surface area contributed by atoms with Crippen molar-refractivity contribution in [2.45, 2.75) is 43.9 Å². The van der Waals surface area contributed by atoms with Crippen LogP contribution < -0.4 is 9.47 Å². The molecule has 2 fully saturated rings. The lowest BCUT2D eigenvalue weighted by Gasteiger charge is -2.45. The van der Waals surface area contributed by atoms with Gasteiger partial charge in [0.05, 0.1) is 25.9 Å². The minimum atomic E-state index is -0.193. The molecular formula is C18H27NO4. The van der Waals surface area contributed by atoms with Crippen LogP contribution >= 0.6 is 0 Å². The van der Waals surface area contributed by atoms with Crippen LogP contribution in [0.25, 0.3) is 0 Å². The topological polar surface area (TPSA) is 51.2 Å². The van der Waals surface area contributed by atoms with Crippen LogP contribution in [0.5, 0.6) is 11.5 Å². The van der Waals surface area contributed by atoms with Gasteiger partial charge < -0.3 is 19.3 Å². The van der Waals surface area contributed by atoms with Gasteiger partial charge in [0.1, 0.15) is 0 Å². The Morgan fingerprint density at radius 2 is 1.96 bits per heavy atom. The highest BCUT2D eigenvalue weighted by Gasteiger charge is 2.39. The molecule has 5 heteroatoms. The first kappa shape index (κ1) is 16.6. The molecular weight excluding hydrogens is 294 g/mol. The molecule has 1 aromatic rings. The van der Waals surface area contributed by atoms with Gasteiger partial charge in [0, 0.05) is 32.7 Å². The Morgan fingerprint density at radius 3 is 2.61 bits per heavy atom. The van der Waals surface area contributed by atoms with Gasteiger partial charge in [0.15, 0.2) is 11.5 Å². The van der Waals surface area contributed by atoms with Crippen LogP contribution in [-0.2, 0) is 11.3 Å². The lowest BCUT2D eigenvalue weighted by Crippen LogP contribution is -2.50. The summed E-state index contributed by atoms with van der Waals surface area (Å²) in [7, 11) is 3.32. The van der Waals surface area contributed by atoms with Crippen molar-refractivity contribution in [3.05, 3.63) is 23.8 Å². The van der Waals surface area contributed by atoms with E-state index in [1.165, 1.54) is 5.56 Å². The summed E-state index contributed by atoms with van der Waals surface area (Å²) in [6, 6.07) is 6.09. The van der Waals surface area contributed by atoms with Gasteiger partial charge in [-0.05, 0) is 37.0 Å². The van der Waals surface area contributed by atoms with Crippen molar-refractivity contribution in [2.75, 3.05) is 33.9 Å². The van der Waals surface area contributed by atoms with Crippen molar-refractivity contribution in [3.63, 3.8) is 0 Å². The Balaban J connectivity index is 1.58. The zero-order valence-electron chi connectivity index (χ0n) is 14.1. The van der Waals surface area contributed by atoms with E-state index in [0.717, 1.165) is 56.8 Å². The van der Waals surface area contributed by atoms with E-state index in [2.05, 4.69) is 11.0 Å². The van der Waals surface area contributed by atoms with Crippen molar-refractivity contribution in [2.24, 2.45) is 0 Å². The van der Waals surface area contributed by atoms with Crippen LogP contribution in [0.15, 0.2) is 18.2 Å². The van der Waals surface area contributed by atoms with Crippen molar-refractivity contribution in [1.82, 2.24) is 4.90 Å². The SMILES string of the molecule is COc1ccc(CN2CCC3(CC2)CC(O)CCO3)cc1OC. The summed E-state index contributed by atoms with van der Waals surface area (Å²) in [5.41, 5.74) is 1.13. The van der Waals surface area contributed by atoms with E-state index in [1.807, 2.05) is 12.1 Å². The second-order valence-electron chi connectivity index (χ2n) is 6.64. The molecule has 1 N–H and O–H groups in total. The predicted molar refractivity (Wildman–Crippen MR) is 88.0 cm³/mol. The summed E-state index contributed by atoms with van der Waals surface area (Å²) in [6.07, 6.45) is 3.37. The molecule has 0 radical (unpaired) electrons. The molecule has 23 heavy (non-hydrogen) atoms. The van der Waals surface area contributed by atoms with Gasteiger partial charge in [-0.3, -0.25) is 4.90 Å². The number of nitrogens with zero attached hydrogens (tertiary/aromatic N) is 1. The van der Waals surface area contributed by atoms with E-state index in [4.69, 9.17) is 14.2 Å². The molecule has 0 amide bonds. The molecule has 0 aliphatic carbocycles. The van der Waals surface area contributed by atoms with Crippen molar-refractivity contribution >= 4 is 0 Å². The van der Waals surface area contributed by atoms with E-state index in [-0.39, 0.29) is 11.7 Å². The molecule has 2 aliphatic heterocycles. The van der Waals surface area contributed by atoms with Gasteiger partial charge in [-0.2, -0.15) is 0 Å². The monoisotopic (exact) mass is 321 g/mol. The van der Waals surface area contributed by atoms with Crippen LogP contribution in [0.1, 0.15) is 31.2 Å². The van der Waals surface area contributed by atoms with Gasteiger partial charge in [0.25, 0.3) is 0 Å². The molecule has 0 saturated carbocycles. The number of aliphatic hydroxyl groups excluding tert-OH is 1. The fraction of sp³-hybridized carbons (Fsp3) is 0.667. The number of hydrogen-bond donors (Lipinski definition) is 1. The molecule has 0 aromatic heterocycles. The number of aliphatic hydroxyl groups is 1. The molecule has 2 aliphatic rings. The van der Waals surface area contributed by atoms with Crippen LogP contribution in [0.4, 0.5) is 0 Å². The first-order valence-electron chi connectivity index (χ1n) is 8.39. The zero-order chi connectivity index (χ0) is 16.3. The van der Waals surface area contributed by atoms with Crippen molar-refractivity contribution in [3.8, 4) is 11.5 Å². The maximum atomic E-state index is 9.92. The molecule has 2 saturated heterocycles. The Kier molecular flexibility index (Phi) is 5.09. The number of likely N-dealkylation sites (tertiary alicyclic amines) is 1. The molecule has 5 nitrogen and oxygen atoms in total. The molecule has 0 bridgehead atoms. The Labute approximate surface area is 138 Å². The fourth-order valence-corrected chi connectivity index (χ4v) is 3.71. The van der Waals surface area contributed by atoms with Gasteiger partial charge >= 0.3 is 0 Å². The van der Waals surface area contributed by atoms with E-state index >= 15 is 0 Å². The molecule has 128 valence electrons. The first-order chi connectivity index (χ1) is 11.1. The van der Waals surface area contributed by atoms with Crippen LogP contribution in [0.3, 0.4) is 0 Å². The summed E-state index contributed by atoms with van der Waals surface area (Å²) < 4.78 is 16.7. The van der Waals surface area contributed by atoms with Gasteiger partial charge in [0.2, 0.25) is 0 Å². The molecule has 1 aromatic carbocycles. The van der Waals surface area contributed by atoms with E-state index in [0.29, 0.717) is 6.61 Å². The maximum Gasteiger partial charge on any atom is 0.161 e. The fourth-order valence-electron chi connectivity index (χ4n) is 3.71. The van der Waals surface area contributed by atoms with Crippen LogP contribution in [0.2, 0.25) is 0 Å². The number of methoxy groups -OCH3 is 2. The van der Waals surface area contributed by atoms with Crippen molar-refractivity contribution in [1.29, 1.82) is 0 Å². The summed E-state index contributed by atoms with van der Waals surface area (Å²) in [6.45, 7) is 3.60. The number of piperidine rings is 1. The highest BCUT2D eigenvalue weighted by Crippen LogP contribution is 2.35. The van der Waals surface area contributed by atoms with Gasteiger partial charge in [-0.15, -0.1) is 0 Å². The summed E-state index contributed by atoms with van der Waals surface area (Å²) in [4.78, 5) is 2.44. The lowest BCUT2D eigenvalue weighted by molar-refractivity contribution is -0.143. The third-order valence-corrected chi connectivity index (χ3v) is 5.09. The van der Waals surface area contributed by atoms with Crippen LogP contribution in [-0.4, -0.2) is 55.6 Å². The minimum Gasteiger partial charge on any atom is -0.493 e.